The molecule has 0 radical (unpaired) electrons. The Balaban J connectivity index is 2.31. The van der Waals surface area contributed by atoms with Gasteiger partial charge in [0.15, 0.2) is 0 Å². The number of hydrogen-bond acceptors (Lipinski definition) is 2. The highest BCUT2D eigenvalue weighted by atomic mass is 16.5. The van der Waals surface area contributed by atoms with Gasteiger partial charge in [0, 0.05) is 13.7 Å². The molecule has 1 atom stereocenters. The van der Waals surface area contributed by atoms with E-state index < -0.39 is 0 Å². The second-order valence-electron chi connectivity index (χ2n) is 4.38. The summed E-state index contributed by atoms with van der Waals surface area (Å²) in [4.78, 5) is 0. The van der Waals surface area contributed by atoms with Crippen LogP contribution in [0, 0.1) is 5.41 Å². The Morgan fingerprint density at radius 3 is 2.54 bits per heavy atom. The summed E-state index contributed by atoms with van der Waals surface area (Å²) in [7, 11) is 1.81. The van der Waals surface area contributed by atoms with Gasteiger partial charge in [-0.15, -0.1) is 0 Å². The van der Waals surface area contributed by atoms with E-state index in [-0.39, 0.29) is 0 Å². The maximum atomic E-state index is 5.33. The lowest BCUT2D eigenvalue weighted by atomic mass is 9.65. The number of nitrogens with one attached hydrogen (secondary N) is 1. The third-order valence-corrected chi connectivity index (χ3v) is 3.29. The molecule has 1 aliphatic carbocycles. The van der Waals surface area contributed by atoms with Crippen LogP contribution < -0.4 is 5.32 Å². The third kappa shape index (κ3) is 2.96. The number of ether oxygens (including phenoxy) is 1. The van der Waals surface area contributed by atoms with Crippen molar-refractivity contribution >= 4 is 0 Å². The largest absolute Gasteiger partial charge is 0.382 e. The van der Waals surface area contributed by atoms with Gasteiger partial charge in [0.25, 0.3) is 0 Å². The first-order valence-corrected chi connectivity index (χ1v) is 5.46. The quantitative estimate of drug-likeness (QED) is 0.685. The molecule has 13 heavy (non-hydrogen) atoms. The van der Waals surface area contributed by atoms with Gasteiger partial charge in [-0.3, -0.25) is 0 Å². The van der Waals surface area contributed by atoms with Gasteiger partial charge in [-0.05, 0) is 38.1 Å². The van der Waals surface area contributed by atoms with Crippen molar-refractivity contribution in [1.29, 1.82) is 0 Å². The molecule has 0 bridgehead atoms. The molecule has 1 aliphatic rings. The summed E-state index contributed by atoms with van der Waals surface area (Å²) < 4.78 is 5.33. The summed E-state index contributed by atoms with van der Waals surface area (Å²) in [5.41, 5.74) is 0.561. The smallest absolute Gasteiger partial charge is 0.0549 e. The van der Waals surface area contributed by atoms with Crippen LogP contribution >= 0.6 is 0 Å². The minimum absolute atomic E-state index is 0.416. The molecular formula is C11H23NO. The molecule has 1 N–H and O–H groups in total. The topological polar surface area (TPSA) is 21.3 Å². The van der Waals surface area contributed by atoms with Gasteiger partial charge in [0.05, 0.1) is 6.10 Å². The maximum Gasteiger partial charge on any atom is 0.0549 e. The second kappa shape index (κ2) is 4.97. The molecule has 0 aliphatic heterocycles. The van der Waals surface area contributed by atoms with Gasteiger partial charge in [-0.1, -0.05) is 13.3 Å². The van der Waals surface area contributed by atoms with Crippen LogP contribution in [0.2, 0.25) is 0 Å². The van der Waals surface area contributed by atoms with Crippen molar-refractivity contribution in [3.63, 3.8) is 0 Å². The Morgan fingerprint density at radius 2 is 2.15 bits per heavy atom. The Morgan fingerprint density at radius 1 is 1.46 bits per heavy atom. The molecule has 78 valence electrons. The summed E-state index contributed by atoms with van der Waals surface area (Å²) in [5, 5.41) is 3.46. The van der Waals surface area contributed by atoms with Crippen molar-refractivity contribution in [3.8, 4) is 0 Å². The van der Waals surface area contributed by atoms with Crippen molar-refractivity contribution in [1.82, 2.24) is 5.32 Å². The fraction of sp³-hybridized carbons (Fsp3) is 1.00. The summed E-state index contributed by atoms with van der Waals surface area (Å²) in [5.74, 6) is 0. The highest BCUT2D eigenvalue weighted by Gasteiger charge is 2.37. The predicted octanol–water partition coefficient (Wildman–Crippen LogP) is 2.19. The summed E-state index contributed by atoms with van der Waals surface area (Å²) in [6.07, 6.45) is 5.80. The van der Waals surface area contributed by atoms with Crippen LogP contribution in [0.15, 0.2) is 0 Å². The van der Waals surface area contributed by atoms with E-state index >= 15 is 0 Å². The summed E-state index contributed by atoms with van der Waals surface area (Å²) in [6.45, 7) is 6.61. The summed E-state index contributed by atoms with van der Waals surface area (Å²) >= 11 is 0. The van der Waals surface area contributed by atoms with Crippen LogP contribution in [0.3, 0.4) is 0 Å². The molecule has 0 aromatic heterocycles. The lowest BCUT2D eigenvalue weighted by molar-refractivity contribution is 0.0236. The molecule has 1 saturated carbocycles. The van der Waals surface area contributed by atoms with Crippen molar-refractivity contribution in [2.75, 3.05) is 20.2 Å². The predicted molar refractivity (Wildman–Crippen MR) is 55.9 cm³/mol. The van der Waals surface area contributed by atoms with Gasteiger partial charge in [-0.2, -0.15) is 0 Å². The number of rotatable bonds is 6. The third-order valence-electron chi connectivity index (χ3n) is 3.29. The van der Waals surface area contributed by atoms with Gasteiger partial charge in [0.1, 0.15) is 0 Å². The molecule has 1 rings (SSSR count). The molecule has 1 fully saturated rings. The van der Waals surface area contributed by atoms with E-state index in [4.69, 9.17) is 4.74 Å². The molecular weight excluding hydrogens is 162 g/mol. The first-order valence-electron chi connectivity index (χ1n) is 5.46. The van der Waals surface area contributed by atoms with Crippen LogP contribution in [0.25, 0.3) is 0 Å². The minimum atomic E-state index is 0.416. The highest BCUT2D eigenvalue weighted by molar-refractivity contribution is 4.90. The second-order valence-corrected chi connectivity index (χ2v) is 4.38. The van der Waals surface area contributed by atoms with Gasteiger partial charge >= 0.3 is 0 Å². The molecule has 0 aromatic rings. The van der Waals surface area contributed by atoms with Crippen LogP contribution in [0.1, 0.15) is 39.5 Å². The standard InChI is InChI=1S/C11H23NO/c1-4-12-9-11(6-5-7-11)8-10(2)13-3/h10,12H,4-9H2,1-3H3. The normalized spacial score (nSPS) is 22.4. The molecule has 0 aromatic carbocycles. The summed E-state index contributed by atoms with van der Waals surface area (Å²) in [6, 6.07) is 0. The van der Waals surface area contributed by atoms with E-state index in [1.54, 1.807) is 0 Å². The molecule has 2 nitrogen and oxygen atoms in total. The molecule has 0 heterocycles. The van der Waals surface area contributed by atoms with Gasteiger partial charge in [0.2, 0.25) is 0 Å². The van der Waals surface area contributed by atoms with Crippen LogP contribution in [0.4, 0.5) is 0 Å². The van der Waals surface area contributed by atoms with Crippen molar-refractivity contribution < 1.29 is 4.74 Å². The number of methoxy groups -OCH3 is 1. The zero-order valence-electron chi connectivity index (χ0n) is 9.23. The molecule has 0 spiro atoms. The van der Waals surface area contributed by atoms with E-state index in [1.807, 2.05) is 7.11 Å². The van der Waals surface area contributed by atoms with E-state index in [2.05, 4.69) is 19.2 Å². The van der Waals surface area contributed by atoms with E-state index in [0.29, 0.717) is 11.5 Å². The van der Waals surface area contributed by atoms with E-state index in [1.165, 1.54) is 32.2 Å². The van der Waals surface area contributed by atoms with Gasteiger partial charge < -0.3 is 10.1 Å². The Hall–Kier alpha value is -0.0800. The SMILES string of the molecule is CCNCC1(CC(C)OC)CCC1. The fourth-order valence-electron chi connectivity index (χ4n) is 2.21. The molecule has 0 saturated heterocycles. The van der Waals surface area contributed by atoms with Crippen molar-refractivity contribution in [2.24, 2.45) is 5.41 Å². The maximum absolute atomic E-state index is 5.33. The van der Waals surface area contributed by atoms with Crippen LogP contribution in [-0.4, -0.2) is 26.3 Å². The minimum Gasteiger partial charge on any atom is -0.382 e. The monoisotopic (exact) mass is 185 g/mol. The first-order chi connectivity index (χ1) is 6.22. The average molecular weight is 185 g/mol. The zero-order chi connectivity index (χ0) is 9.73. The fourth-order valence-corrected chi connectivity index (χ4v) is 2.21. The lowest BCUT2D eigenvalue weighted by Crippen LogP contribution is -2.42. The van der Waals surface area contributed by atoms with E-state index in [0.717, 1.165) is 6.54 Å². The lowest BCUT2D eigenvalue weighted by Gasteiger charge is -2.43. The molecule has 2 heteroatoms. The van der Waals surface area contributed by atoms with Crippen LogP contribution in [-0.2, 0) is 4.74 Å². The van der Waals surface area contributed by atoms with Crippen LogP contribution in [0.5, 0.6) is 0 Å². The Bertz CT molecular complexity index is 143. The average Bonchev–Trinajstić information content (AvgIpc) is 2.09. The zero-order valence-corrected chi connectivity index (χ0v) is 9.23. The Labute approximate surface area is 82.0 Å². The van der Waals surface area contributed by atoms with E-state index in [9.17, 15) is 0 Å². The van der Waals surface area contributed by atoms with Crippen molar-refractivity contribution in [2.45, 2.75) is 45.6 Å². The Kier molecular flexibility index (Phi) is 4.20. The first kappa shape index (κ1) is 11.0. The molecule has 1 unspecified atom stereocenters. The highest BCUT2D eigenvalue weighted by Crippen LogP contribution is 2.44. The van der Waals surface area contributed by atoms with Crippen molar-refractivity contribution in [3.05, 3.63) is 0 Å². The molecule has 0 amide bonds. The number of hydrogen-bond donors (Lipinski definition) is 1. The van der Waals surface area contributed by atoms with Gasteiger partial charge in [-0.25, -0.2) is 0 Å².